The van der Waals surface area contributed by atoms with Gasteiger partial charge in [0.15, 0.2) is 0 Å². The van der Waals surface area contributed by atoms with E-state index in [2.05, 4.69) is 12.2 Å². The Morgan fingerprint density at radius 2 is 0.935 bits per heavy atom. The zero-order valence-electron chi connectivity index (χ0n) is 21.1. The van der Waals surface area contributed by atoms with Crippen LogP contribution in [0.4, 0.5) is 0 Å². The van der Waals surface area contributed by atoms with Crippen LogP contribution in [0.15, 0.2) is 0 Å². The van der Waals surface area contributed by atoms with E-state index < -0.39 is 0 Å². The Kier molecular flexibility index (Phi) is 26.4. The molecule has 0 spiro atoms. The standard InChI is InChI=1S/C28H55NO2/c1-2-3-4-5-6-7-8-9-10-11-12-13-14-17-20-23-26-29-28(31)25-22-19-16-15-18-21-24-27-30/h27H,2-26H2,1H3,(H,29,31). The van der Waals surface area contributed by atoms with Crippen LogP contribution in [0, 0.1) is 0 Å². The average molecular weight is 438 g/mol. The molecule has 0 radical (unpaired) electrons. The summed E-state index contributed by atoms with van der Waals surface area (Å²) in [6.45, 7) is 3.14. The summed E-state index contributed by atoms with van der Waals surface area (Å²) in [5.41, 5.74) is 0. The summed E-state index contributed by atoms with van der Waals surface area (Å²) in [6, 6.07) is 0. The predicted molar refractivity (Wildman–Crippen MR) is 136 cm³/mol. The van der Waals surface area contributed by atoms with E-state index in [1.54, 1.807) is 0 Å². The summed E-state index contributed by atoms with van der Waals surface area (Å²) in [6.07, 6.45) is 31.2. The molecule has 3 nitrogen and oxygen atoms in total. The fraction of sp³-hybridized carbons (Fsp3) is 0.929. The molecule has 0 unspecified atom stereocenters. The maximum absolute atomic E-state index is 11.8. The van der Waals surface area contributed by atoms with Crippen molar-refractivity contribution in [3.05, 3.63) is 0 Å². The van der Waals surface area contributed by atoms with Crippen molar-refractivity contribution in [1.82, 2.24) is 5.32 Å². The van der Waals surface area contributed by atoms with Crippen LogP contribution in [0.5, 0.6) is 0 Å². The van der Waals surface area contributed by atoms with Gasteiger partial charge in [-0.2, -0.15) is 0 Å². The molecule has 0 aromatic rings. The van der Waals surface area contributed by atoms with Gasteiger partial charge in [-0.25, -0.2) is 0 Å². The normalized spacial score (nSPS) is 11.0. The molecule has 0 aliphatic heterocycles. The fourth-order valence-corrected chi connectivity index (χ4v) is 4.21. The lowest BCUT2D eigenvalue weighted by Crippen LogP contribution is -2.23. The highest BCUT2D eigenvalue weighted by Gasteiger charge is 2.01. The molecule has 1 N–H and O–H groups in total. The van der Waals surface area contributed by atoms with Gasteiger partial charge in [0.25, 0.3) is 0 Å². The summed E-state index contributed by atoms with van der Waals surface area (Å²) in [5.74, 6) is 0.224. The molecule has 0 aliphatic rings. The predicted octanol–water partition coefficient (Wildman–Crippen LogP) is 8.68. The molecule has 0 heterocycles. The minimum absolute atomic E-state index is 0.224. The third kappa shape index (κ3) is 27.1. The molecule has 0 aliphatic carbocycles. The first-order valence-electron chi connectivity index (χ1n) is 14.0. The molecule has 0 bridgehead atoms. The van der Waals surface area contributed by atoms with Gasteiger partial charge in [-0.3, -0.25) is 4.79 Å². The molecule has 0 aromatic carbocycles. The highest BCUT2D eigenvalue weighted by molar-refractivity contribution is 5.75. The lowest BCUT2D eigenvalue weighted by Gasteiger charge is -2.06. The van der Waals surface area contributed by atoms with Gasteiger partial charge in [0.05, 0.1) is 0 Å². The van der Waals surface area contributed by atoms with E-state index in [1.807, 2.05) is 0 Å². The second kappa shape index (κ2) is 27.2. The second-order valence-electron chi connectivity index (χ2n) is 9.48. The molecule has 31 heavy (non-hydrogen) atoms. The Balaban J connectivity index is 3.12. The molecular formula is C28H55NO2. The van der Waals surface area contributed by atoms with Gasteiger partial charge in [-0.15, -0.1) is 0 Å². The minimum atomic E-state index is 0.224. The van der Waals surface area contributed by atoms with Crippen molar-refractivity contribution in [2.75, 3.05) is 6.54 Å². The minimum Gasteiger partial charge on any atom is -0.356 e. The maximum atomic E-state index is 11.8. The van der Waals surface area contributed by atoms with Gasteiger partial charge in [0.1, 0.15) is 6.29 Å². The number of carbonyl (C=O) groups is 2. The van der Waals surface area contributed by atoms with Gasteiger partial charge in [0, 0.05) is 19.4 Å². The highest BCUT2D eigenvalue weighted by Crippen LogP contribution is 2.13. The summed E-state index contributed by atoms with van der Waals surface area (Å²) in [7, 11) is 0. The average Bonchev–Trinajstić information content (AvgIpc) is 2.77. The Labute approximate surface area is 194 Å². The number of unbranched alkanes of at least 4 members (excludes halogenated alkanes) is 21. The second-order valence-corrected chi connectivity index (χ2v) is 9.48. The van der Waals surface area contributed by atoms with Crippen LogP contribution in [0.2, 0.25) is 0 Å². The third-order valence-corrected chi connectivity index (χ3v) is 6.33. The lowest BCUT2D eigenvalue weighted by atomic mass is 10.0. The zero-order valence-corrected chi connectivity index (χ0v) is 21.1. The van der Waals surface area contributed by atoms with Gasteiger partial charge < -0.3 is 10.1 Å². The Hall–Kier alpha value is -0.860. The van der Waals surface area contributed by atoms with Crippen LogP contribution in [-0.2, 0) is 9.59 Å². The molecule has 0 atom stereocenters. The van der Waals surface area contributed by atoms with Crippen LogP contribution in [0.25, 0.3) is 0 Å². The fourth-order valence-electron chi connectivity index (χ4n) is 4.21. The molecule has 0 fully saturated rings. The summed E-state index contributed by atoms with van der Waals surface area (Å²) < 4.78 is 0. The van der Waals surface area contributed by atoms with Crippen LogP contribution in [0.1, 0.15) is 161 Å². The van der Waals surface area contributed by atoms with Crippen molar-refractivity contribution < 1.29 is 9.59 Å². The van der Waals surface area contributed by atoms with E-state index in [0.29, 0.717) is 12.8 Å². The van der Waals surface area contributed by atoms with E-state index in [-0.39, 0.29) is 5.91 Å². The lowest BCUT2D eigenvalue weighted by molar-refractivity contribution is -0.121. The van der Waals surface area contributed by atoms with Crippen molar-refractivity contribution in [2.24, 2.45) is 0 Å². The monoisotopic (exact) mass is 437 g/mol. The van der Waals surface area contributed by atoms with Crippen LogP contribution in [-0.4, -0.2) is 18.7 Å². The van der Waals surface area contributed by atoms with Crippen molar-refractivity contribution in [3.63, 3.8) is 0 Å². The maximum Gasteiger partial charge on any atom is 0.219 e. The molecule has 0 saturated carbocycles. The molecule has 0 saturated heterocycles. The summed E-state index contributed by atoms with van der Waals surface area (Å²) in [5, 5.41) is 3.07. The number of amides is 1. The summed E-state index contributed by atoms with van der Waals surface area (Å²) >= 11 is 0. The first-order valence-corrected chi connectivity index (χ1v) is 14.0. The topological polar surface area (TPSA) is 46.2 Å². The van der Waals surface area contributed by atoms with E-state index in [0.717, 1.165) is 44.9 Å². The van der Waals surface area contributed by atoms with E-state index in [1.165, 1.54) is 109 Å². The Morgan fingerprint density at radius 3 is 1.39 bits per heavy atom. The smallest absolute Gasteiger partial charge is 0.219 e. The quantitative estimate of drug-likeness (QED) is 0.109. The van der Waals surface area contributed by atoms with Crippen LogP contribution >= 0.6 is 0 Å². The zero-order chi connectivity index (χ0) is 22.7. The Morgan fingerprint density at radius 1 is 0.548 bits per heavy atom. The molecule has 0 aromatic heterocycles. The van der Waals surface area contributed by atoms with Crippen molar-refractivity contribution in [2.45, 2.75) is 161 Å². The molecule has 1 amide bonds. The van der Waals surface area contributed by atoms with Crippen LogP contribution < -0.4 is 5.32 Å². The molecule has 0 rings (SSSR count). The van der Waals surface area contributed by atoms with Gasteiger partial charge >= 0.3 is 0 Å². The first kappa shape index (κ1) is 30.1. The van der Waals surface area contributed by atoms with Gasteiger partial charge in [0.2, 0.25) is 5.91 Å². The number of rotatable bonds is 26. The number of hydrogen-bond acceptors (Lipinski definition) is 2. The molecule has 184 valence electrons. The largest absolute Gasteiger partial charge is 0.356 e. The van der Waals surface area contributed by atoms with E-state index in [4.69, 9.17) is 0 Å². The summed E-state index contributed by atoms with van der Waals surface area (Å²) in [4.78, 5) is 22.1. The van der Waals surface area contributed by atoms with E-state index >= 15 is 0 Å². The highest BCUT2D eigenvalue weighted by atomic mass is 16.1. The van der Waals surface area contributed by atoms with E-state index in [9.17, 15) is 9.59 Å². The molecular weight excluding hydrogens is 382 g/mol. The van der Waals surface area contributed by atoms with Crippen LogP contribution in [0.3, 0.4) is 0 Å². The van der Waals surface area contributed by atoms with Crippen molar-refractivity contribution >= 4 is 12.2 Å². The number of aldehydes is 1. The van der Waals surface area contributed by atoms with Crippen molar-refractivity contribution in [3.8, 4) is 0 Å². The third-order valence-electron chi connectivity index (χ3n) is 6.33. The molecule has 3 heteroatoms. The number of hydrogen-bond donors (Lipinski definition) is 1. The first-order chi connectivity index (χ1) is 15.3. The van der Waals surface area contributed by atoms with Gasteiger partial charge in [-0.05, 0) is 19.3 Å². The number of carbonyl (C=O) groups excluding carboxylic acids is 2. The SMILES string of the molecule is CCCCCCCCCCCCCCCCCCNC(=O)CCCCCCCCC=O. The Bertz CT molecular complexity index is 370. The van der Waals surface area contributed by atoms with Crippen molar-refractivity contribution in [1.29, 1.82) is 0 Å². The van der Waals surface area contributed by atoms with Gasteiger partial charge in [-0.1, -0.05) is 129 Å². The number of nitrogens with one attached hydrogen (secondary N) is 1.